The molecule has 1 atom stereocenters. The first-order valence-corrected chi connectivity index (χ1v) is 10.1. The molecule has 4 rings (SSSR count). The molecule has 31 heavy (non-hydrogen) atoms. The summed E-state index contributed by atoms with van der Waals surface area (Å²) >= 11 is 0. The number of carbonyl (C=O) groups excluding carboxylic acids is 1. The van der Waals surface area contributed by atoms with E-state index in [0.29, 0.717) is 24.3 Å². The van der Waals surface area contributed by atoms with Gasteiger partial charge in [0.15, 0.2) is 5.78 Å². The summed E-state index contributed by atoms with van der Waals surface area (Å²) in [4.78, 5) is 16.1. The Labute approximate surface area is 179 Å². The van der Waals surface area contributed by atoms with Crippen molar-refractivity contribution in [3.05, 3.63) is 95.6 Å². The van der Waals surface area contributed by atoms with Gasteiger partial charge in [0.1, 0.15) is 30.1 Å². The average Bonchev–Trinajstić information content (AvgIpc) is 3.11. The highest BCUT2D eigenvalue weighted by Gasteiger charge is 2.15. The number of aliphatic hydroxyl groups excluding tert-OH is 1. The molecule has 158 valence electrons. The third kappa shape index (κ3) is 4.98. The molecule has 0 spiro atoms. The van der Waals surface area contributed by atoms with Gasteiger partial charge in [-0.3, -0.25) is 4.79 Å². The van der Waals surface area contributed by atoms with Crippen LogP contribution in [-0.4, -0.2) is 33.2 Å². The predicted molar refractivity (Wildman–Crippen MR) is 117 cm³/mol. The Bertz CT molecular complexity index is 1180. The maximum Gasteiger partial charge on any atom is 0.159 e. The molecule has 0 amide bonds. The van der Waals surface area contributed by atoms with Gasteiger partial charge in [-0.1, -0.05) is 24.3 Å². The molecule has 0 fully saturated rings. The monoisotopic (exact) mass is 418 g/mol. The number of aliphatic hydroxyl groups is 1. The molecule has 6 heteroatoms. The molecule has 1 N–H and O–H groups in total. The molecular weight excluding hydrogens is 395 g/mol. The number of ether oxygens (including phenoxy) is 1. The number of nitrogens with zero attached hydrogens (tertiary/aromatic N) is 2. The third-order valence-electron chi connectivity index (χ3n) is 5.11. The summed E-state index contributed by atoms with van der Waals surface area (Å²) in [6.45, 7) is 1.92. The number of hydrogen-bond acceptors (Lipinski definition) is 4. The fourth-order valence-electron chi connectivity index (χ4n) is 3.49. The number of halogens is 1. The molecule has 0 aliphatic heterocycles. The zero-order valence-corrected chi connectivity index (χ0v) is 17.2. The van der Waals surface area contributed by atoms with Crippen molar-refractivity contribution in [2.24, 2.45) is 0 Å². The van der Waals surface area contributed by atoms with Crippen molar-refractivity contribution < 1.29 is 19.0 Å². The van der Waals surface area contributed by atoms with E-state index in [-0.39, 0.29) is 18.2 Å². The molecule has 1 unspecified atom stereocenters. The number of imidazole rings is 1. The maximum absolute atomic E-state index is 13.2. The Hall–Kier alpha value is -3.51. The van der Waals surface area contributed by atoms with Crippen molar-refractivity contribution in [1.29, 1.82) is 0 Å². The van der Waals surface area contributed by atoms with Crippen LogP contribution in [0.4, 0.5) is 4.39 Å². The quantitative estimate of drug-likeness (QED) is 0.431. The van der Waals surface area contributed by atoms with Crippen LogP contribution in [0.3, 0.4) is 0 Å². The first-order chi connectivity index (χ1) is 15.0. The van der Waals surface area contributed by atoms with Crippen molar-refractivity contribution in [3.63, 3.8) is 0 Å². The van der Waals surface area contributed by atoms with Gasteiger partial charge >= 0.3 is 0 Å². The zero-order valence-electron chi connectivity index (χ0n) is 17.2. The summed E-state index contributed by atoms with van der Waals surface area (Å²) in [6, 6.07) is 20.9. The first-order valence-electron chi connectivity index (χ1n) is 10.1. The Morgan fingerprint density at radius 1 is 1.06 bits per heavy atom. The van der Waals surface area contributed by atoms with Gasteiger partial charge in [0, 0.05) is 12.0 Å². The van der Waals surface area contributed by atoms with E-state index in [0.717, 1.165) is 22.4 Å². The van der Waals surface area contributed by atoms with Gasteiger partial charge in [-0.15, -0.1) is 0 Å². The largest absolute Gasteiger partial charge is 0.491 e. The van der Waals surface area contributed by atoms with E-state index in [4.69, 9.17) is 9.72 Å². The van der Waals surface area contributed by atoms with Crippen molar-refractivity contribution in [3.8, 4) is 5.75 Å². The fraction of sp³-hybridized carbons (Fsp3) is 0.200. The van der Waals surface area contributed by atoms with Crippen molar-refractivity contribution >= 4 is 16.8 Å². The van der Waals surface area contributed by atoms with Gasteiger partial charge in [0.05, 0.1) is 17.6 Å². The number of Topliss-reactive ketones (excluding diaryl/α,β-unsaturated/α-hetero) is 1. The van der Waals surface area contributed by atoms with E-state index < -0.39 is 6.10 Å². The van der Waals surface area contributed by atoms with Crippen molar-refractivity contribution in [1.82, 2.24) is 9.55 Å². The number of aromatic nitrogens is 2. The van der Waals surface area contributed by atoms with Gasteiger partial charge in [-0.25, -0.2) is 9.37 Å². The van der Waals surface area contributed by atoms with Crippen LogP contribution in [0.1, 0.15) is 28.7 Å². The lowest BCUT2D eigenvalue weighted by Crippen LogP contribution is -2.24. The average molecular weight is 418 g/mol. The molecule has 3 aromatic carbocycles. The van der Waals surface area contributed by atoms with Crippen LogP contribution in [0, 0.1) is 5.82 Å². The molecule has 0 aliphatic carbocycles. The number of hydrogen-bond donors (Lipinski definition) is 1. The summed E-state index contributed by atoms with van der Waals surface area (Å²) in [6.07, 6.45) is -0.244. The summed E-state index contributed by atoms with van der Waals surface area (Å²) in [5.74, 6) is 1.09. The summed E-state index contributed by atoms with van der Waals surface area (Å²) in [7, 11) is 0. The van der Waals surface area contributed by atoms with Gasteiger partial charge in [-0.2, -0.15) is 0 Å². The summed E-state index contributed by atoms with van der Waals surface area (Å²) in [5.41, 5.74) is 3.31. The number of para-hydroxylation sites is 2. The van der Waals surface area contributed by atoms with Crippen molar-refractivity contribution in [2.45, 2.75) is 26.0 Å². The minimum Gasteiger partial charge on any atom is -0.491 e. The smallest absolute Gasteiger partial charge is 0.159 e. The molecule has 0 radical (unpaired) electrons. The topological polar surface area (TPSA) is 64.3 Å². The van der Waals surface area contributed by atoms with E-state index in [2.05, 4.69) is 0 Å². The van der Waals surface area contributed by atoms with Gasteiger partial charge in [-0.05, 0) is 61.0 Å². The second-order valence-corrected chi connectivity index (χ2v) is 7.48. The van der Waals surface area contributed by atoms with Crippen LogP contribution in [0.2, 0.25) is 0 Å². The lowest BCUT2D eigenvalue weighted by molar-refractivity contribution is 0.0927. The number of ketones is 1. The molecule has 0 bridgehead atoms. The Morgan fingerprint density at radius 2 is 1.77 bits per heavy atom. The van der Waals surface area contributed by atoms with E-state index in [1.165, 1.54) is 19.1 Å². The molecule has 5 nitrogen and oxygen atoms in total. The van der Waals surface area contributed by atoms with E-state index >= 15 is 0 Å². The standard InChI is InChI=1S/C25H23FN2O3/c1-17(29)19-8-12-22(13-9-19)31-16-21(30)15-28-24-5-3-2-4-23(24)27-25(28)14-18-6-10-20(26)11-7-18/h2-13,21,30H,14-16H2,1H3. The number of rotatable bonds is 8. The highest BCUT2D eigenvalue weighted by molar-refractivity contribution is 5.94. The normalized spacial score (nSPS) is 12.1. The number of carbonyl (C=O) groups is 1. The lowest BCUT2D eigenvalue weighted by Gasteiger charge is -2.16. The zero-order chi connectivity index (χ0) is 21.8. The van der Waals surface area contributed by atoms with Gasteiger partial charge < -0.3 is 14.4 Å². The van der Waals surface area contributed by atoms with Crippen LogP contribution < -0.4 is 4.74 Å². The minimum absolute atomic E-state index is 0.00717. The highest BCUT2D eigenvalue weighted by atomic mass is 19.1. The highest BCUT2D eigenvalue weighted by Crippen LogP contribution is 2.20. The second-order valence-electron chi connectivity index (χ2n) is 7.48. The first kappa shape index (κ1) is 20.8. The molecule has 0 saturated carbocycles. The molecule has 0 aliphatic rings. The summed E-state index contributed by atoms with van der Waals surface area (Å²) in [5, 5.41) is 10.6. The number of fused-ring (bicyclic) bond motifs is 1. The molecule has 1 heterocycles. The lowest BCUT2D eigenvalue weighted by atomic mass is 10.1. The second kappa shape index (κ2) is 9.10. The maximum atomic E-state index is 13.2. The van der Waals surface area contributed by atoms with Crippen LogP contribution in [0.5, 0.6) is 5.75 Å². The Kier molecular flexibility index (Phi) is 6.09. The van der Waals surface area contributed by atoms with Gasteiger partial charge in [0.25, 0.3) is 0 Å². The van der Waals surface area contributed by atoms with Crippen LogP contribution >= 0.6 is 0 Å². The van der Waals surface area contributed by atoms with E-state index in [9.17, 15) is 14.3 Å². The predicted octanol–water partition coefficient (Wildman–Crippen LogP) is 4.41. The molecule has 0 saturated heterocycles. The van der Waals surface area contributed by atoms with E-state index in [1.807, 2.05) is 28.8 Å². The van der Waals surface area contributed by atoms with Crippen LogP contribution in [0.15, 0.2) is 72.8 Å². The van der Waals surface area contributed by atoms with Crippen LogP contribution in [0.25, 0.3) is 11.0 Å². The Balaban J connectivity index is 1.49. The molecular formula is C25H23FN2O3. The molecule has 1 aromatic heterocycles. The van der Waals surface area contributed by atoms with Gasteiger partial charge in [0.2, 0.25) is 0 Å². The Morgan fingerprint density at radius 3 is 2.48 bits per heavy atom. The fourth-order valence-corrected chi connectivity index (χ4v) is 3.49. The SMILES string of the molecule is CC(=O)c1ccc(OCC(O)Cn2c(Cc3ccc(F)cc3)nc3ccccc32)cc1. The van der Waals surface area contributed by atoms with Crippen LogP contribution in [-0.2, 0) is 13.0 Å². The summed E-state index contributed by atoms with van der Waals surface area (Å²) < 4.78 is 20.9. The van der Waals surface area contributed by atoms with E-state index in [1.54, 1.807) is 36.4 Å². The number of benzene rings is 3. The molecule has 4 aromatic rings. The third-order valence-corrected chi connectivity index (χ3v) is 5.11. The minimum atomic E-state index is -0.767. The van der Waals surface area contributed by atoms with Crippen molar-refractivity contribution in [2.75, 3.05) is 6.61 Å².